The second-order valence-electron chi connectivity index (χ2n) is 6.00. The van der Waals surface area contributed by atoms with Crippen molar-refractivity contribution in [3.05, 3.63) is 29.3 Å². The van der Waals surface area contributed by atoms with Crippen molar-refractivity contribution in [3.63, 3.8) is 0 Å². The Morgan fingerprint density at radius 2 is 2.29 bits per heavy atom. The zero-order valence-corrected chi connectivity index (χ0v) is 13.2. The number of nitrogens with one attached hydrogen (secondary N) is 1. The van der Waals surface area contributed by atoms with E-state index in [0.29, 0.717) is 0 Å². The summed E-state index contributed by atoms with van der Waals surface area (Å²) in [4.78, 5) is 13.8. The van der Waals surface area contributed by atoms with Crippen molar-refractivity contribution in [2.75, 3.05) is 24.5 Å². The molecule has 2 rings (SSSR count). The van der Waals surface area contributed by atoms with E-state index in [1.165, 1.54) is 16.8 Å². The van der Waals surface area contributed by atoms with Gasteiger partial charge < -0.3 is 16.0 Å². The molecule has 4 heteroatoms. The molecule has 1 heterocycles. The quantitative estimate of drug-likeness (QED) is 0.789. The van der Waals surface area contributed by atoms with Gasteiger partial charge in [-0.1, -0.05) is 24.6 Å². The Hall–Kier alpha value is -1.55. The highest BCUT2D eigenvalue weighted by Gasteiger charge is 2.25. The lowest BCUT2D eigenvalue weighted by atomic mass is 9.96. The van der Waals surface area contributed by atoms with Gasteiger partial charge in [-0.2, -0.15) is 0 Å². The molecule has 1 amide bonds. The first-order valence-electron chi connectivity index (χ1n) is 7.96. The highest BCUT2D eigenvalue weighted by Crippen LogP contribution is 2.27. The van der Waals surface area contributed by atoms with Crippen molar-refractivity contribution in [3.8, 4) is 0 Å². The smallest absolute Gasteiger partial charge is 0.222 e. The Bertz CT molecular complexity index is 487. The number of primary amides is 1. The number of nitrogens with zero attached hydrogens (tertiary/aromatic N) is 1. The number of carbonyl (C=O) groups excluding carboxylic acids is 1. The number of rotatable bonds is 6. The maximum absolute atomic E-state index is 11.5. The van der Waals surface area contributed by atoms with Crippen molar-refractivity contribution < 1.29 is 4.79 Å². The molecule has 0 saturated carbocycles. The molecule has 0 aliphatic carbocycles. The van der Waals surface area contributed by atoms with Crippen LogP contribution >= 0.6 is 0 Å². The molecule has 1 saturated heterocycles. The van der Waals surface area contributed by atoms with Gasteiger partial charge in [0.15, 0.2) is 0 Å². The number of nitrogens with two attached hydrogens (primary N) is 1. The van der Waals surface area contributed by atoms with E-state index in [-0.39, 0.29) is 11.8 Å². The minimum atomic E-state index is -0.169. The second kappa shape index (κ2) is 7.46. The zero-order chi connectivity index (χ0) is 15.2. The van der Waals surface area contributed by atoms with E-state index in [1.54, 1.807) is 0 Å². The summed E-state index contributed by atoms with van der Waals surface area (Å²) in [6.45, 7) is 7.95. The van der Waals surface area contributed by atoms with Gasteiger partial charge in [0.05, 0.1) is 5.92 Å². The summed E-state index contributed by atoms with van der Waals surface area (Å²) in [5.74, 6) is -0.186. The Labute approximate surface area is 127 Å². The van der Waals surface area contributed by atoms with Crippen molar-refractivity contribution in [1.82, 2.24) is 5.32 Å². The van der Waals surface area contributed by atoms with E-state index in [2.05, 4.69) is 42.3 Å². The molecule has 0 radical (unpaired) electrons. The Kier molecular flexibility index (Phi) is 5.62. The van der Waals surface area contributed by atoms with Crippen LogP contribution in [0, 0.1) is 12.8 Å². The number of aryl methyl sites for hydroxylation is 1. The molecular formula is C17H27N3O. The summed E-state index contributed by atoms with van der Waals surface area (Å²) >= 11 is 0. The molecule has 1 aromatic rings. The first-order valence-corrected chi connectivity index (χ1v) is 7.96. The van der Waals surface area contributed by atoms with Crippen LogP contribution in [0.5, 0.6) is 0 Å². The summed E-state index contributed by atoms with van der Waals surface area (Å²) in [6.07, 6.45) is 3.08. The van der Waals surface area contributed by atoms with E-state index in [0.717, 1.165) is 45.4 Å². The fraction of sp³-hybridized carbons (Fsp3) is 0.588. The fourth-order valence-electron chi connectivity index (χ4n) is 2.99. The molecule has 1 unspecified atom stereocenters. The number of hydrogen-bond donors (Lipinski definition) is 2. The van der Waals surface area contributed by atoms with Crippen LogP contribution in [0.3, 0.4) is 0 Å². The molecule has 3 N–H and O–H groups in total. The molecule has 21 heavy (non-hydrogen) atoms. The molecule has 1 aromatic carbocycles. The number of carbonyl (C=O) groups is 1. The molecule has 0 aromatic heterocycles. The van der Waals surface area contributed by atoms with Gasteiger partial charge in [0, 0.05) is 25.3 Å². The lowest BCUT2D eigenvalue weighted by Gasteiger charge is -2.34. The largest absolute Gasteiger partial charge is 0.370 e. The minimum absolute atomic E-state index is 0.0171. The maximum atomic E-state index is 11.5. The monoisotopic (exact) mass is 289 g/mol. The second-order valence-corrected chi connectivity index (χ2v) is 6.00. The van der Waals surface area contributed by atoms with E-state index in [9.17, 15) is 4.79 Å². The number of anilines is 1. The van der Waals surface area contributed by atoms with Crippen LogP contribution in [-0.2, 0) is 11.3 Å². The molecule has 1 atom stereocenters. The molecular weight excluding hydrogens is 262 g/mol. The van der Waals surface area contributed by atoms with E-state index >= 15 is 0 Å². The van der Waals surface area contributed by atoms with Crippen LogP contribution in [0.4, 0.5) is 5.69 Å². The van der Waals surface area contributed by atoms with Gasteiger partial charge in [-0.05, 0) is 44.4 Å². The Morgan fingerprint density at radius 1 is 1.48 bits per heavy atom. The van der Waals surface area contributed by atoms with Crippen molar-refractivity contribution in [2.24, 2.45) is 11.7 Å². The average molecular weight is 289 g/mol. The van der Waals surface area contributed by atoms with Gasteiger partial charge in [-0.15, -0.1) is 0 Å². The number of benzene rings is 1. The van der Waals surface area contributed by atoms with Gasteiger partial charge in [0.1, 0.15) is 0 Å². The summed E-state index contributed by atoms with van der Waals surface area (Å²) in [7, 11) is 0. The highest BCUT2D eigenvalue weighted by molar-refractivity contribution is 5.77. The standard InChI is InChI=1S/C17H27N3O/c1-3-8-19-11-15-10-13(2)6-7-16(15)20-9-4-5-14(12-20)17(18)21/h6-7,10,14,19H,3-5,8-9,11-12H2,1-2H3,(H2,18,21). The molecule has 116 valence electrons. The van der Waals surface area contributed by atoms with E-state index < -0.39 is 0 Å². The van der Waals surface area contributed by atoms with Crippen molar-refractivity contribution >= 4 is 11.6 Å². The van der Waals surface area contributed by atoms with Gasteiger partial charge in [0.25, 0.3) is 0 Å². The van der Waals surface area contributed by atoms with E-state index in [1.807, 2.05) is 0 Å². The van der Waals surface area contributed by atoms with Crippen LogP contribution in [0.25, 0.3) is 0 Å². The Balaban J connectivity index is 2.15. The van der Waals surface area contributed by atoms with E-state index in [4.69, 9.17) is 5.73 Å². The number of amides is 1. The highest BCUT2D eigenvalue weighted by atomic mass is 16.1. The topological polar surface area (TPSA) is 58.4 Å². The van der Waals surface area contributed by atoms with Crippen LogP contribution < -0.4 is 16.0 Å². The molecule has 1 fully saturated rings. The Morgan fingerprint density at radius 3 is 3.00 bits per heavy atom. The fourth-order valence-corrected chi connectivity index (χ4v) is 2.99. The third-order valence-electron chi connectivity index (χ3n) is 4.14. The molecule has 4 nitrogen and oxygen atoms in total. The summed E-state index contributed by atoms with van der Waals surface area (Å²) < 4.78 is 0. The third-order valence-corrected chi connectivity index (χ3v) is 4.14. The van der Waals surface area contributed by atoms with Crippen LogP contribution in [0.2, 0.25) is 0 Å². The van der Waals surface area contributed by atoms with Gasteiger partial charge in [0.2, 0.25) is 5.91 Å². The first-order chi connectivity index (χ1) is 10.1. The molecule has 0 bridgehead atoms. The SMILES string of the molecule is CCCNCc1cc(C)ccc1N1CCCC(C(N)=O)C1. The van der Waals surface area contributed by atoms with Gasteiger partial charge in [-0.25, -0.2) is 0 Å². The average Bonchev–Trinajstić information content (AvgIpc) is 2.48. The van der Waals surface area contributed by atoms with Crippen molar-refractivity contribution in [1.29, 1.82) is 0 Å². The van der Waals surface area contributed by atoms with Crippen LogP contribution in [0.15, 0.2) is 18.2 Å². The van der Waals surface area contributed by atoms with Crippen LogP contribution in [0.1, 0.15) is 37.3 Å². The summed E-state index contributed by atoms with van der Waals surface area (Å²) in [5, 5.41) is 3.47. The summed E-state index contributed by atoms with van der Waals surface area (Å²) in [5.41, 5.74) is 9.32. The predicted octanol–water partition coefficient (Wildman–Crippen LogP) is 2.20. The lowest BCUT2D eigenvalue weighted by molar-refractivity contribution is -0.122. The zero-order valence-electron chi connectivity index (χ0n) is 13.2. The lowest BCUT2D eigenvalue weighted by Crippen LogP contribution is -2.41. The van der Waals surface area contributed by atoms with Gasteiger partial charge >= 0.3 is 0 Å². The number of hydrogen-bond acceptors (Lipinski definition) is 3. The normalized spacial score (nSPS) is 18.8. The van der Waals surface area contributed by atoms with Crippen LogP contribution in [-0.4, -0.2) is 25.5 Å². The molecule has 1 aliphatic rings. The summed E-state index contributed by atoms with van der Waals surface area (Å²) in [6, 6.07) is 6.57. The first kappa shape index (κ1) is 15.8. The van der Waals surface area contributed by atoms with Gasteiger partial charge in [-0.3, -0.25) is 4.79 Å². The maximum Gasteiger partial charge on any atom is 0.222 e. The molecule has 1 aliphatic heterocycles. The van der Waals surface area contributed by atoms with Crippen molar-refractivity contribution in [2.45, 2.75) is 39.7 Å². The number of piperidine rings is 1. The minimum Gasteiger partial charge on any atom is -0.370 e. The third kappa shape index (κ3) is 4.21. The molecule has 0 spiro atoms. The predicted molar refractivity (Wildman–Crippen MR) is 87.3 cm³/mol.